The van der Waals surface area contributed by atoms with Crippen LogP contribution in [0.15, 0.2) is 36.5 Å². The van der Waals surface area contributed by atoms with E-state index in [1.807, 2.05) is 26.0 Å². The van der Waals surface area contributed by atoms with E-state index < -0.39 is 0 Å². The first kappa shape index (κ1) is 20.0. The molecule has 0 bridgehead atoms. The summed E-state index contributed by atoms with van der Waals surface area (Å²) in [5.41, 5.74) is 1.59. The van der Waals surface area contributed by atoms with Crippen LogP contribution in [0.25, 0.3) is 10.9 Å². The lowest BCUT2D eigenvalue weighted by molar-refractivity contribution is -0.119. The molecule has 1 saturated heterocycles. The van der Waals surface area contributed by atoms with Gasteiger partial charge < -0.3 is 15.5 Å². The van der Waals surface area contributed by atoms with Gasteiger partial charge in [0.25, 0.3) is 0 Å². The molecule has 0 radical (unpaired) electrons. The van der Waals surface area contributed by atoms with Crippen molar-refractivity contribution >= 4 is 28.4 Å². The summed E-state index contributed by atoms with van der Waals surface area (Å²) < 4.78 is 13.6. The lowest BCUT2D eigenvalue weighted by atomic mass is 10.1. The summed E-state index contributed by atoms with van der Waals surface area (Å²) in [6.07, 6.45) is 2.63. The van der Waals surface area contributed by atoms with Gasteiger partial charge in [-0.2, -0.15) is 0 Å². The van der Waals surface area contributed by atoms with Crippen molar-refractivity contribution in [2.24, 2.45) is 0 Å². The molecule has 2 aromatic heterocycles. The van der Waals surface area contributed by atoms with Crippen molar-refractivity contribution in [3.05, 3.63) is 53.7 Å². The topological polar surface area (TPSA) is 83.0 Å². The maximum atomic E-state index is 13.6. The third kappa shape index (κ3) is 4.32. The minimum atomic E-state index is -0.265. The van der Waals surface area contributed by atoms with Crippen LogP contribution in [-0.4, -0.2) is 40.0 Å². The number of anilines is 2. The van der Waals surface area contributed by atoms with E-state index in [4.69, 9.17) is 0 Å². The molecule has 3 aromatic rings. The van der Waals surface area contributed by atoms with Crippen LogP contribution < -0.4 is 15.5 Å². The van der Waals surface area contributed by atoms with Gasteiger partial charge in [0, 0.05) is 31.4 Å². The van der Waals surface area contributed by atoms with Crippen molar-refractivity contribution in [2.45, 2.75) is 39.3 Å². The van der Waals surface area contributed by atoms with Gasteiger partial charge in [-0.1, -0.05) is 12.1 Å². The van der Waals surface area contributed by atoms with Crippen LogP contribution in [0.1, 0.15) is 37.7 Å². The Hall–Kier alpha value is -3.29. The van der Waals surface area contributed by atoms with Crippen LogP contribution in [0.5, 0.6) is 0 Å². The van der Waals surface area contributed by atoms with Crippen LogP contribution in [-0.2, 0) is 4.79 Å². The number of nitrogens with one attached hydrogen (secondary N) is 2. The third-order valence-electron chi connectivity index (χ3n) is 5.30. The van der Waals surface area contributed by atoms with Crippen molar-refractivity contribution in [1.29, 1.82) is 0 Å². The number of amides is 1. The number of nitrogens with zero attached hydrogens (tertiary/aromatic N) is 4. The lowest BCUT2D eigenvalue weighted by Gasteiger charge is -2.20. The molecule has 3 heterocycles. The molecular formula is C22H25FN6O. The molecule has 0 aliphatic carbocycles. The molecule has 0 saturated carbocycles. The van der Waals surface area contributed by atoms with E-state index in [1.54, 1.807) is 12.3 Å². The number of carbonyl (C=O) groups is 1. The van der Waals surface area contributed by atoms with E-state index in [9.17, 15) is 9.18 Å². The van der Waals surface area contributed by atoms with Crippen molar-refractivity contribution in [2.75, 3.05) is 23.3 Å². The maximum absolute atomic E-state index is 13.6. The van der Waals surface area contributed by atoms with E-state index >= 15 is 0 Å². The molecule has 1 aromatic carbocycles. The number of pyridine rings is 1. The number of aromatic nitrogens is 3. The first-order valence-corrected chi connectivity index (χ1v) is 10.1. The SMILES string of the molecule is CC(=O)N[C@@H]1CCN(c2cc3c(N[C@H](C)c4cccc(F)c4)nc(C)nc3cn2)C1. The summed E-state index contributed by atoms with van der Waals surface area (Å²) >= 11 is 0. The molecule has 1 aliphatic rings. The zero-order valence-corrected chi connectivity index (χ0v) is 17.3. The Balaban J connectivity index is 1.63. The van der Waals surface area contributed by atoms with Gasteiger partial charge in [-0.25, -0.2) is 19.3 Å². The van der Waals surface area contributed by atoms with Gasteiger partial charge in [-0.3, -0.25) is 4.79 Å². The highest BCUT2D eigenvalue weighted by atomic mass is 19.1. The number of benzene rings is 1. The number of carbonyl (C=O) groups excluding carboxylic acids is 1. The van der Waals surface area contributed by atoms with E-state index in [0.29, 0.717) is 18.2 Å². The number of rotatable bonds is 5. The minimum absolute atomic E-state index is 0.0185. The van der Waals surface area contributed by atoms with E-state index in [1.165, 1.54) is 19.1 Å². The van der Waals surface area contributed by atoms with Crippen molar-refractivity contribution in [3.8, 4) is 0 Å². The molecule has 2 N–H and O–H groups in total. The monoisotopic (exact) mass is 408 g/mol. The van der Waals surface area contributed by atoms with Crippen molar-refractivity contribution in [1.82, 2.24) is 20.3 Å². The second kappa shape index (κ2) is 8.22. The van der Waals surface area contributed by atoms with Crippen LogP contribution in [0, 0.1) is 12.7 Å². The number of hydrogen-bond donors (Lipinski definition) is 2. The summed E-state index contributed by atoms with van der Waals surface area (Å²) in [7, 11) is 0. The second-order valence-corrected chi connectivity index (χ2v) is 7.73. The Morgan fingerprint density at radius 3 is 2.90 bits per heavy atom. The Morgan fingerprint density at radius 1 is 1.30 bits per heavy atom. The molecule has 7 nitrogen and oxygen atoms in total. The third-order valence-corrected chi connectivity index (χ3v) is 5.30. The molecule has 1 aliphatic heterocycles. The van der Waals surface area contributed by atoms with E-state index in [-0.39, 0.29) is 23.8 Å². The second-order valence-electron chi connectivity index (χ2n) is 7.73. The fourth-order valence-corrected chi connectivity index (χ4v) is 3.86. The molecule has 1 amide bonds. The van der Waals surface area contributed by atoms with Crippen LogP contribution in [0.3, 0.4) is 0 Å². The average molecular weight is 408 g/mol. The highest BCUT2D eigenvalue weighted by molar-refractivity contribution is 5.90. The molecule has 0 unspecified atom stereocenters. The largest absolute Gasteiger partial charge is 0.363 e. The summed E-state index contributed by atoms with van der Waals surface area (Å²) in [6, 6.07) is 8.51. The van der Waals surface area contributed by atoms with Gasteiger partial charge >= 0.3 is 0 Å². The lowest BCUT2D eigenvalue weighted by Crippen LogP contribution is -2.35. The summed E-state index contributed by atoms with van der Waals surface area (Å²) in [5.74, 6) is 1.87. The van der Waals surface area contributed by atoms with Gasteiger partial charge in [-0.05, 0) is 44.0 Å². The quantitative estimate of drug-likeness (QED) is 0.674. The predicted octanol–water partition coefficient (Wildman–Crippen LogP) is 3.36. The highest BCUT2D eigenvalue weighted by Crippen LogP contribution is 2.28. The summed E-state index contributed by atoms with van der Waals surface area (Å²) in [5, 5.41) is 7.23. The average Bonchev–Trinajstić information content (AvgIpc) is 3.15. The zero-order chi connectivity index (χ0) is 21.3. The summed E-state index contributed by atoms with van der Waals surface area (Å²) in [4.78, 5) is 27.2. The molecule has 30 heavy (non-hydrogen) atoms. The van der Waals surface area contributed by atoms with Gasteiger partial charge in [0.05, 0.1) is 17.8 Å². The molecule has 2 atom stereocenters. The first-order chi connectivity index (χ1) is 14.4. The Bertz CT molecular complexity index is 1090. The fourth-order valence-electron chi connectivity index (χ4n) is 3.86. The Kier molecular flexibility index (Phi) is 5.48. The maximum Gasteiger partial charge on any atom is 0.217 e. The van der Waals surface area contributed by atoms with E-state index in [2.05, 4.69) is 30.5 Å². The van der Waals surface area contributed by atoms with Gasteiger partial charge in [-0.15, -0.1) is 0 Å². The minimum Gasteiger partial charge on any atom is -0.363 e. The molecule has 8 heteroatoms. The van der Waals surface area contributed by atoms with Gasteiger partial charge in [0.15, 0.2) is 0 Å². The number of halogens is 1. The molecule has 156 valence electrons. The summed E-state index contributed by atoms with van der Waals surface area (Å²) in [6.45, 7) is 6.88. The normalized spacial score (nSPS) is 17.2. The van der Waals surface area contributed by atoms with Gasteiger partial charge in [0.2, 0.25) is 5.91 Å². The van der Waals surface area contributed by atoms with Gasteiger partial charge in [0.1, 0.15) is 23.3 Å². The number of aryl methyl sites for hydroxylation is 1. The fraction of sp³-hybridized carbons (Fsp3) is 0.364. The Labute approximate surface area is 174 Å². The molecular weight excluding hydrogens is 383 g/mol. The van der Waals surface area contributed by atoms with E-state index in [0.717, 1.165) is 35.2 Å². The zero-order valence-electron chi connectivity index (χ0n) is 17.3. The van der Waals surface area contributed by atoms with Crippen LogP contribution >= 0.6 is 0 Å². The predicted molar refractivity (Wildman–Crippen MR) is 115 cm³/mol. The number of hydrogen-bond acceptors (Lipinski definition) is 6. The smallest absolute Gasteiger partial charge is 0.217 e. The standard InChI is InChI=1S/C22H25FN6O/c1-13(16-5-4-6-17(23)9-16)25-22-19-10-21(24-11-20(19)26-14(2)27-22)29-8-7-18(12-29)28-15(3)30/h4-6,9-11,13,18H,7-8,12H2,1-3H3,(H,28,30)(H,25,26,27)/t13-,18-/m1/s1. The molecule has 4 rings (SSSR count). The molecule has 1 fully saturated rings. The first-order valence-electron chi connectivity index (χ1n) is 10.1. The van der Waals surface area contributed by atoms with Crippen LogP contribution in [0.4, 0.5) is 16.0 Å². The van der Waals surface area contributed by atoms with Crippen molar-refractivity contribution < 1.29 is 9.18 Å². The number of fused-ring (bicyclic) bond motifs is 1. The highest BCUT2D eigenvalue weighted by Gasteiger charge is 2.24. The van der Waals surface area contributed by atoms with Crippen LogP contribution in [0.2, 0.25) is 0 Å². The Morgan fingerprint density at radius 2 is 2.13 bits per heavy atom. The van der Waals surface area contributed by atoms with Crippen molar-refractivity contribution in [3.63, 3.8) is 0 Å². The molecule has 0 spiro atoms.